The minimum absolute atomic E-state index is 0.00178. The molecule has 4 rings (SSSR count). The SMILES string of the molecule is CN(C(=O)c1cccc(-c2cnn(CC(N)=O)c2)c1)C1CCCc2ccccc21. The summed E-state index contributed by atoms with van der Waals surface area (Å²) >= 11 is 0. The number of hydrogen-bond donors (Lipinski definition) is 1. The standard InChI is InChI=1S/C23H24N4O2/c1-26(21-11-5-7-16-6-2-3-10-20(16)21)23(29)18-9-4-8-17(12-18)19-13-25-27(14-19)15-22(24)28/h2-4,6,8-10,12-14,21H,5,7,11,15H2,1H3,(H2,24,28). The van der Waals surface area contributed by atoms with E-state index in [0.717, 1.165) is 30.4 Å². The van der Waals surface area contributed by atoms with E-state index in [0.29, 0.717) is 5.56 Å². The van der Waals surface area contributed by atoms with Gasteiger partial charge in [-0.25, -0.2) is 0 Å². The molecule has 2 N–H and O–H groups in total. The van der Waals surface area contributed by atoms with Crippen LogP contribution in [0, 0.1) is 0 Å². The summed E-state index contributed by atoms with van der Waals surface area (Å²) in [7, 11) is 1.88. The fraction of sp³-hybridized carbons (Fsp3) is 0.261. The number of aromatic nitrogens is 2. The van der Waals surface area contributed by atoms with E-state index >= 15 is 0 Å². The van der Waals surface area contributed by atoms with Crippen LogP contribution in [0.4, 0.5) is 0 Å². The molecule has 1 aromatic heterocycles. The van der Waals surface area contributed by atoms with Gasteiger partial charge in [-0.3, -0.25) is 14.3 Å². The maximum atomic E-state index is 13.2. The van der Waals surface area contributed by atoms with Crippen molar-refractivity contribution in [2.45, 2.75) is 31.8 Å². The third-order valence-corrected chi connectivity index (χ3v) is 5.52. The van der Waals surface area contributed by atoms with Gasteiger partial charge in [0.05, 0.1) is 12.2 Å². The molecule has 2 aromatic carbocycles. The lowest BCUT2D eigenvalue weighted by Crippen LogP contribution is -2.33. The van der Waals surface area contributed by atoms with Gasteiger partial charge < -0.3 is 10.6 Å². The van der Waals surface area contributed by atoms with E-state index < -0.39 is 5.91 Å². The number of nitrogens with two attached hydrogens (primary N) is 1. The van der Waals surface area contributed by atoms with E-state index in [2.05, 4.69) is 23.3 Å². The van der Waals surface area contributed by atoms with Gasteiger partial charge in [0, 0.05) is 24.4 Å². The number of aryl methyl sites for hydroxylation is 1. The van der Waals surface area contributed by atoms with Crippen LogP contribution in [0.2, 0.25) is 0 Å². The second-order valence-corrected chi connectivity index (χ2v) is 7.50. The highest BCUT2D eigenvalue weighted by atomic mass is 16.2. The largest absolute Gasteiger partial charge is 0.368 e. The van der Waals surface area contributed by atoms with E-state index in [1.165, 1.54) is 15.8 Å². The third kappa shape index (κ3) is 3.92. The maximum Gasteiger partial charge on any atom is 0.254 e. The maximum absolute atomic E-state index is 13.2. The van der Waals surface area contributed by atoms with Gasteiger partial charge in [-0.15, -0.1) is 0 Å². The summed E-state index contributed by atoms with van der Waals surface area (Å²) < 4.78 is 1.50. The molecule has 0 radical (unpaired) electrons. The quantitative estimate of drug-likeness (QED) is 0.729. The highest BCUT2D eigenvalue weighted by Crippen LogP contribution is 2.34. The molecule has 148 valence electrons. The zero-order valence-electron chi connectivity index (χ0n) is 16.4. The van der Waals surface area contributed by atoms with Crippen LogP contribution in [0.15, 0.2) is 60.9 Å². The van der Waals surface area contributed by atoms with E-state index in [1.54, 1.807) is 12.4 Å². The monoisotopic (exact) mass is 388 g/mol. The topological polar surface area (TPSA) is 81.2 Å². The summed E-state index contributed by atoms with van der Waals surface area (Å²) in [6.07, 6.45) is 6.56. The van der Waals surface area contributed by atoms with Crippen LogP contribution < -0.4 is 5.73 Å². The van der Waals surface area contributed by atoms with Crippen molar-refractivity contribution in [2.24, 2.45) is 5.73 Å². The van der Waals surface area contributed by atoms with Gasteiger partial charge in [-0.2, -0.15) is 5.10 Å². The van der Waals surface area contributed by atoms with Crippen LogP contribution in [0.1, 0.15) is 40.4 Å². The predicted molar refractivity (Wildman–Crippen MR) is 111 cm³/mol. The number of benzene rings is 2. The van der Waals surface area contributed by atoms with E-state index in [-0.39, 0.29) is 18.5 Å². The van der Waals surface area contributed by atoms with Gasteiger partial charge >= 0.3 is 0 Å². The van der Waals surface area contributed by atoms with Crippen molar-refractivity contribution in [3.05, 3.63) is 77.6 Å². The lowest BCUT2D eigenvalue weighted by molar-refractivity contribution is -0.118. The van der Waals surface area contributed by atoms with Crippen LogP contribution in [0.25, 0.3) is 11.1 Å². The molecule has 29 heavy (non-hydrogen) atoms. The molecule has 1 unspecified atom stereocenters. The minimum atomic E-state index is -0.446. The van der Waals surface area contributed by atoms with Crippen LogP contribution in [-0.2, 0) is 17.8 Å². The van der Waals surface area contributed by atoms with Crippen LogP contribution in [0.3, 0.4) is 0 Å². The molecule has 3 aromatic rings. The smallest absolute Gasteiger partial charge is 0.254 e. The molecule has 6 heteroatoms. The number of amides is 2. The van der Waals surface area contributed by atoms with Gasteiger partial charge in [0.25, 0.3) is 5.91 Å². The lowest BCUT2D eigenvalue weighted by atomic mass is 9.87. The molecule has 0 aliphatic heterocycles. The summed E-state index contributed by atoms with van der Waals surface area (Å²) in [6, 6.07) is 16.0. The van der Waals surface area contributed by atoms with Crippen molar-refractivity contribution in [1.29, 1.82) is 0 Å². The molecule has 0 saturated carbocycles. The van der Waals surface area contributed by atoms with Gasteiger partial charge in [-0.1, -0.05) is 36.4 Å². The van der Waals surface area contributed by atoms with Crippen molar-refractivity contribution >= 4 is 11.8 Å². The normalized spacial score (nSPS) is 15.6. The number of rotatable bonds is 5. The Morgan fingerprint density at radius 1 is 1.17 bits per heavy atom. The third-order valence-electron chi connectivity index (χ3n) is 5.52. The highest BCUT2D eigenvalue weighted by molar-refractivity contribution is 5.95. The molecule has 1 aliphatic carbocycles. The van der Waals surface area contributed by atoms with Crippen LogP contribution in [0.5, 0.6) is 0 Å². The van der Waals surface area contributed by atoms with E-state index in [1.807, 2.05) is 42.3 Å². The zero-order chi connectivity index (χ0) is 20.4. The lowest BCUT2D eigenvalue weighted by Gasteiger charge is -2.33. The second kappa shape index (κ2) is 7.91. The van der Waals surface area contributed by atoms with Crippen molar-refractivity contribution in [1.82, 2.24) is 14.7 Å². The Hall–Kier alpha value is -3.41. The molecule has 6 nitrogen and oxygen atoms in total. The molecule has 0 bridgehead atoms. The number of primary amides is 1. The Morgan fingerprint density at radius 3 is 2.83 bits per heavy atom. The fourth-order valence-corrected chi connectivity index (χ4v) is 4.07. The molecule has 0 fully saturated rings. The first-order valence-electron chi connectivity index (χ1n) is 9.79. The summed E-state index contributed by atoms with van der Waals surface area (Å²) in [4.78, 5) is 26.2. The number of nitrogens with zero attached hydrogens (tertiary/aromatic N) is 3. The number of hydrogen-bond acceptors (Lipinski definition) is 3. The Labute approximate surface area is 169 Å². The summed E-state index contributed by atoms with van der Waals surface area (Å²) in [5, 5.41) is 4.16. The molecule has 0 saturated heterocycles. The first-order chi connectivity index (χ1) is 14.0. The number of carbonyl (C=O) groups excluding carboxylic acids is 2. The average Bonchev–Trinajstić information content (AvgIpc) is 3.20. The molecule has 1 aliphatic rings. The van der Waals surface area contributed by atoms with E-state index in [4.69, 9.17) is 5.73 Å². The zero-order valence-corrected chi connectivity index (χ0v) is 16.4. The van der Waals surface area contributed by atoms with Crippen molar-refractivity contribution < 1.29 is 9.59 Å². The minimum Gasteiger partial charge on any atom is -0.368 e. The average molecular weight is 388 g/mol. The van der Waals surface area contributed by atoms with Crippen LogP contribution >= 0.6 is 0 Å². The molecular weight excluding hydrogens is 364 g/mol. The predicted octanol–water partition coefficient (Wildman–Crippen LogP) is 3.19. The first-order valence-corrected chi connectivity index (χ1v) is 9.79. The van der Waals surface area contributed by atoms with E-state index in [9.17, 15) is 9.59 Å². The number of fused-ring (bicyclic) bond motifs is 1. The summed E-state index contributed by atoms with van der Waals surface area (Å²) in [6.45, 7) is 0.0302. The second-order valence-electron chi connectivity index (χ2n) is 7.50. The molecule has 1 atom stereocenters. The van der Waals surface area contributed by atoms with Crippen molar-refractivity contribution in [3.63, 3.8) is 0 Å². The Bertz CT molecular complexity index is 1060. The Kier molecular flexibility index (Phi) is 5.16. The van der Waals surface area contributed by atoms with Gasteiger partial charge in [0.15, 0.2) is 0 Å². The Balaban J connectivity index is 1.58. The van der Waals surface area contributed by atoms with Crippen molar-refractivity contribution in [2.75, 3.05) is 7.05 Å². The first kappa shape index (κ1) is 18.9. The Morgan fingerprint density at radius 2 is 2.00 bits per heavy atom. The fourth-order valence-electron chi connectivity index (χ4n) is 4.07. The molecule has 2 amide bonds. The molecule has 1 heterocycles. The van der Waals surface area contributed by atoms with Crippen molar-refractivity contribution in [3.8, 4) is 11.1 Å². The van der Waals surface area contributed by atoms with Crippen LogP contribution in [-0.4, -0.2) is 33.5 Å². The highest BCUT2D eigenvalue weighted by Gasteiger charge is 2.27. The van der Waals surface area contributed by atoms with Gasteiger partial charge in [0.1, 0.15) is 6.54 Å². The van der Waals surface area contributed by atoms with Gasteiger partial charge in [0.2, 0.25) is 5.91 Å². The summed E-state index contributed by atoms with van der Waals surface area (Å²) in [5.41, 5.74) is 10.2. The summed E-state index contributed by atoms with van der Waals surface area (Å²) in [5.74, 6) is -0.448. The van der Waals surface area contributed by atoms with Gasteiger partial charge in [-0.05, 0) is 48.1 Å². The number of carbonyl (C=O) groups is 2. The molecule has 0 spiro atoms. The molecular formula is C23H24N4O2.